The summed E-state index contributed by atoms with van der Waals surface area (Å²) >= 11 is 0. The predicted molar refractivity (Wildman–Crippen MR) is 85.5 cm³/mol. The molecule has 1 saturated heterocycles. The van der Waals surface area contributed by atoms with E-state index in [2.05, 4.69) is 6.92 Å². The Morgan fingerprint density at radius 1 is 1.41 bits per heavy atom. The van der Waals surface area contributed by atoms with Crippen molar-refractivity contribution in [2.45, 2.75) is 31.6 Å². The summed E-state index contributed by atoms with van der Waals surface area (Å²) in [4.78, 5) is 14.5. The van der Waals surface area contributed by atoms with E-state index in [0.717, 1.165) is 12.8 Å². The highest BCUT2D eigenvalue weighted by Gasteiger charge is 2.31. The van der Waals surface area contributed by atoms with Gasteiger partial charge < -0.3 is 10.6 Å². The lowest BCUT2D eigenvalue weighted by atomic mass is 9.90. The molecule has 0 bridgehead atoms. The first-order valence-corrected chi connectivity index (χ1v) is 9.14. The number of rotatable bonds is 4. The highest BCUT2D eigenvalue weighted by Crippen LogP contribution is 2.24. The van der Waals surface area contributed by atoms with Gasteiger partial charge in [-0.15, -0.1) is 0 Å². The van der Waals surface area contributed by atoms with E-state index in [1.165, 1.54) is 0 Å². The van der Waals surface area contributed by atoms with Crippen LogP contribution in [0.25, 0.3) is 0 Å². The number of primary sulfonamides is 1. The minimum Gasteiger partial charge on any atom is -0.334 e. The van der Waals surface area contributed by atoms with Gasteiger partial charge in [-0.05, 0) is 36.5 Å². The van der Waals surface area contributed by atoms with Gasteiger partial charge in [0.05, 0.1) is 5.75 Å². The van der Waals surface area contributed by atoms with Gasteiger partial charge in [0, 0.05) is 24.7 Å². The van der Waals surface area contributed by atoms with Crippen molar-refractivity contribution in [2.75, 3.05) is 13.1 Å². The molecule has 0 spiro atoms. The SMILES string of the molecule is CC1CCCN(C(=O)c2cccc(CS(N)(=O)=O)c2)C1CN. The Kier molecular flexibility index (Phi) is 5.20. The second-order valence-corrected chi connectivity index (χ2v) is 7.54. The van der Waals surface area contributed by atoms with Gasteiger partial charge in [0.15, 0.2) is 0 Å². The van der Waals surface area contributed by atoms with Gasteiger partial charge in [-0.25, -0.2) is 13.6 Å². The number of amides is 1. The molecule has 6 nitrogen and oxygen atoms in total. The molecular formula is C15H23N3O3S. The molecule has 0 radical (unpaired) electrons. The third-order valence-corrected chi connectivity index (χ3v) is 4.90. The molecule has 1 amide bonds. The Hall–Kier alpha value is -1.44. The summed E-state index contributed by atoms with van der Waals surface area (Å²) in [5.41, 5.74) is 6.82. The lowest BCUT2D eigenvalue weighted by Crippen LogP contribution is -2.51. The van der Waals surface area contributed by atoms with Crippen molar-refractivity contribution in [1.82, 2.24) is 4.90 Å². The van der Waals surface area contributed by atoms with Crippen LogP contribution in [-0.4, -0.2) is 38.4 Å². The fraction of sp³-hybridized carbons (Fsp3) is 0.533. The maximum Gasteiger partial charge on any atom is 0.254 e. The zero-order valence-electron chi connectivity index (χ0n) is 12.7. The number of nitrogens with zero attached hydrogens (tertiary/aromatic N) is 1. The molecule has 4 N–H and O–H groups in total. The van der Waals surface area contributed by atoms with Crippen LogP contribution in [0.15, 0.2) is 24.3 Å². The first-order valence-electron chi connectivity index (χ1n) is 7.42. The number of hydrogen-bond donors (Lipinski definition) is 2. The van der Waals surface area contributed by atoms with E-state index in [1.807, 2.05) is 4.90 Å². The van der Waals surface area contributed by atoms with Crippen LogP contribution < -0.4 is 10.9 Å². The molecule has 0 aromatic heterocycles. The van der Waals surface area contributed by atoms with Crippen LogP contribution in [0.1, 0.15) is 35.7 Å². The van der Waals surface area contributed by atoms with E-state index in [0.29, 0.717) is 30.1 Å². The summed E-state index contributed by atoms with van der Waals surface area (Å²) in [5, 5.41) is 5.06. The minimum absolute atomic E-state index is 0.0307. The van der Waals surface area contributed by atoms with Crippen LogP contribution in [0.2, 0.25) is 0 Å². The highest BCUT2D eigenvalue weighted by atomic mass is 32.2. The van der Waals surface area contributed by atoms with Crippen molar-refractivity contribution in [2.24, 2.45) is 16.8 Å². The molecule has 2 rings (SSSR count). The average Bonchev–Trinajstić information content (AvgIpc) is 2.44. The molecule has 1 aromatic carbocycles. The molecule has 22 heavy (non-hydrogen) atoms. The van der Waals surface area contributed by atoms with Crippen molar-refractivity contribution in [3.63, 3.8) is 0 Å². The van der Waals surface area contributed by atoms with E-state index in [1.54, 1.807) is 24.3 Å². The first-order chi connectivity index (χ1) is 10.3. The number of piperidine rings is 1. The smallest absolute Gasteiger partial charge is 0.254 e. The van der Waals surface area contributed by atoms with Crippen LogP contribution in [0, 0.1) is 5.92 Å². The Balaban J connectivity index is 2.23. The number of hydrogen-bond acceptors (Lipinski definition) is 4. The number of nitrogens with two attached hydrogens (primary N) is 2. The molecule has 1 fully saturated rings. The summed E-state index contributed by atoms with van der Waals surface area (Å²) in [6.07, 6.45) is 2.03. The Morgan fingerprint density at radius 3 is 2.77 bits per heavy atom. The van der Waals surface area contributed by atoms with Gasteiger partial charge in [-0.3, -0.25) is 4.79 Å². The van der Waals surface area contributed by atoms with Crippen LogP contribution in [-0.2, 0) is 15.8 Å². The van der Waals surface area contributed by atoms with Crippen molar-refractivity contribution < 1.29 is 13.2 Å². The maximum absolute atomic E-state index is 12.7. The van der Waals surface area contributed by atoms with Crippen molar-refractivity contribution in [3.05, 3.63) is 35.4 Å². The summed E-state index contributed by atoms with van der Waals surface area (Å²) in [6, 6.07) is 6.66. The van der Waals surface area contributed by atoms with Crippen molar-refractivity contribution in [1.29, 1.82) is 0 Å². The molecule has 1 aromatic rings. The van der Waals surface area contributed by atoms with Gasteiger partial charge >= 0.3 is 0 Å². The fourth-order valence-corrected chi connectivity index (χ4v) is 3.70. The standard InChI is InChI=1S/C15H23N3O3S/c1-11-4-3-7-18(14(11)9-16)15(19)13-6-2-5-12(8-13)10-22(17,20)21/h2,5-6,8,11,14H,3-4,7,9-10,16H2,1H3,(H2,17,20,21). The van der Waals surface area contributed by atoms with E-state index >= 15 is 0 Å². The van der Waals surface area contributed by atoms with E-state index < -0.39 is 10.0 Å². The fourth-order valence-electron chi connectivity index (χ4n) is 3.05. The highest BCUT2D eigenvalue weighted by molar-refractivity contribution is 7.88. The number of carbonyl (C=O) groups is 1. The number of likely N-dealkylation sites (tertiary alicyclic amines) is 1. The first kappa shape index (κ1) is 16.9. The van der Waals surface area contributed by atoms with Gasteiger partial charge in [0.25, 0.3) is 5.91 Å². The molecule has 1 heterocycles. The van der Waals surface area contributed by atoms with Crippen LogP contribution >= 0.6 is 0 Å². The number of sulfonamides is 1. The second kappa shape index (κ2) is 6.76. The maximum atomic E-state index is 12.7. The molecule has 122 valence electrons. The normalized spacial score (nSPS) is 22.6. The molecule has 2 unspecified atom stereocenters. The second-order valence-electron chi connectivity index (χ2n) is 5.93. The van der Waals surface area contributed by atoms with E-state index in [-0.39, 0.29) is 17.7 Å². The molecule has 0 saturated carbocycles. The average molecular weight is 325 g/mol. The summed E-state index contributed by atoms with van der Waals surface area (Å²) < 4.78 is 22.4. The third-order valence-electron chi connectivity index (χ3n) is 4.16. The minimum atomic E-state index is -3.61. The molecule has 1 aliphatic heterocycles. The zero-order chi connectivity index (χ0) is 16.3. The summed E-state index contributed by atoms with van der Waals surface area (Å²) in [5.74, 6) is -0.00115. The van der Waals surface area contributed by atoms with Gasteiger partial charge in [0.1, 0.15) is 0 Å². The molecule has 0 aliphatic carbocycles. The van der Waals surface area contributed by atoms with Gasteiger partial charge in [0.2, 0.25) is 10.0 Å². The van der Waals surface area contributed by atoms with Crippen molar-refractivity contribution >= 4 is 15.9 Å². The topological polar surface area (TPSA) is 106 Å². The Labute approximate surface area is 131 Å². The molecular weight excluding hydrogens is 302 g/mol. The van der Waals surface area contributed by atoms with Gasteiger partial charge in [-0.2, -0.15) is 0 Å². The Bertz CT molecular complexity index is 645. The van der Waals surface area contributed by atoms with Crippen LogP contribution in [0.5, 0.6) is 0 Å². The Morgan fingerprint density at radius 2 is 2.14 bits per heavy atom. The van der Waals surface area contributed by atoms with Gasteiger partial charge in [-0.1, -0.05) is 19.1 Å². The van der Waals surface area contributed by atoms with Crippen LogP contribution in [0.3, 0.4) is 0 Å². The lowest BCUT2D eigenvalue weighted by molar-refractivity contribution is 0.0532. The monoisotopic (exact) mass is 325 g/mol. The van der Waals surface area contributed by atoms with Crippen molar-refractivity contribution in [3.8, 4) is 0 Å². The number of benzene rings is 1. The summed E-state index contributed by atoms with van der Waals surface area (Å²) in [7, 11) is -3.61. The largest absolute Gasteiger partial charge is 0.334 e. The quantitative estimate of drug-likeness (QED) is 0.848. The number of carbonyl (C=O) groups excluding carboxylic acids is 1. The van der Waals surface area contributed by atoms with E-state index in [9.17, 15) is 13.2 Å². The molecule has 1 aliphatic rings. The lowest BCUT2D eigenvalue weighted by Gasteiger charge is -2.39. The zero-order valence-corrected chi connectivity index (χ0v) is 13.6. The van der Waals surface area contributed by atoms with Crippen LogP contribution in [0.4, 0.5) is 0 Å². The van der Waals surface area contributed by atoms with E-state index in [4.69, 9.17) is 10.9 Å². The predicted octanol–water partition coefficient (Wildman–Crippen LogP) is 0.675. The third kappa shape index (κ3) is 4.06. The molecule has 2 atom stereocenters. The molecule has 7 heteroatoms. The summed E-state index contributed by atoms with van der Waals surface area (Å²) in [6.45, 7) is 3.22.